The first-order valence-corrected chi connectivity index (χ1v) is 10.9. The number of nitrogens with zero attached hydrogens (tertiary/aromatic N) is 1. The molecular formula is C22H36BrNO2. The molecule has 1 fully saturated rings. The van der Waals surface area contributed by atoms with Crippen LogP contribution in [0.3, 0.4) is 0 Å². The lowest BCUT2D eigenvalue weighted by molar-refractivity contribution is -0.141. The molecule has 0 atom stereocenters. The highest BCUT2D eigenvalue weighted by atomic mass is 79.9. The van der Waals surface area contributed by atoms with Crippen molar-refractivity contribution in [3.05, 3.63) is 34.3 Å². The highest BCUT2D eigenvalue weighted by Gasteiger charge is 2.37. The Labute approximate surface area is 168 Å². The number of rotatable bonds is 7. The van der Waals surface area contributed by atoms with E-state index < -0.39 is 0 Å². The molecule has 3 nitrogen and oxygen atoms in total. The number of esters is 1. The lowest BCUT2D eigenvalue weighted by atomic mass is 9.69. The van der Waals surface area contributed by atoms with Crippen molar-refractivity contribution < 1.29 is 9.53 Å². The second kappa shape index (κ2) is 11.8. The van der Waals surface area contributed by atoms with E-state index in [1.165, 1.54) is 25.5 Å². The topological polar surface area (TPSA) is 29.5 Å². The van der Waals surface area contributed by atoms with E-state index in [1.54, 1.807) is 0 Å². The van der Waals surface area contributed by atoms with Crippen molar-refractivity contribution in [3.63, 3.8) is 0 Å². The lowest BCUT2D eigenvalue weighted by Crippen LogP contribution is -2.46. The molecular weight excluding hydrogens is 390 g/mol. The van der Waals surface area contributed by atoms with Gasteiger partial charge in [0.15, 0.2) is 0 Å². The first kappa shape index (κ1) is 23.2. The SMILES string of the molecule is CC.CCC(CC)N1CCC(CCC(=O)OC)(c2ccc(Br)cc2)CC1. The number of carbonyl (C=O) groups is 1. The van der Waals surface area contributed by atoms with Gasteiger partial charge in [-0.1, -0.05) is 55.8 Å². The molecule has 26 heavy (non-hydrogen) atoms. The minimum atomic E-state index is -0.103. The van der Waals surface area contributed by atoms with Crippen LogP contribution in [0, 0.1) is 0 Å². The molecule has 0 aromatic heterocycles. The van der Waals surface area contributed by atoms with Crippen LogP contribution in [0.25, 0.3) is 0 Å². The molecule has 0 amide bonds. The van der Waals surface area contributed by atoms with Gasteiger partial charge in [0, 0.05) is 16.9 Å². The lowest BCUT2D eigenvalue weighted by Gasteiger charge is -2.45. The van der Waals surface area contributed by atoms with Gasteiger partial charge in [-0.25, -0.2) is 0 Å². The highest BCUT2D eigenvalue weighted by Crippen LogP contribution is 2.41. The molecule has 1 aliphatic rings. The highest BCUT2D eigenvalue weighted by molar-refractivity contribution is 9.10. The van der Waals surface area contributed by atoms with E-state index in [-0.39, 0.29) is 11.4 Å². The van der Waals surface area contributed by atoms with Crippen LogP contribution in [-0.4, -0.2) is 37.1 Å². The number of piperidine rings is 1. The predicted molar refractivity (Wildman–Crippen MR) is 114 cm³/mol. The van der Waals surface area contributed by atoms with Gasteiger partial charge >= 0.3 is 5.97 Å². The third kappa shape index (κ3) is 6.09. The van der Waals surface area contributed by atoms with Crippen molar-refractivity contribution in [1.29, 1.82) is 0 Å². The van der Waals surface area contributed by atoms with Crippen LogP contribution in [0.2, 0.25) is 0 Å². The smallest absolute Gasteiger partial charge is 0.305 e. The molecule has 0 aliphatic carbocycles. The van der Waals surface area contributed by atoms with Crippen molar-refractivity contribution in [2.24, 2.45) is 0 Å². The summed E-state index contributed by atoms with van der Waals surface area (Å²) in [5.74, 6) is -0.103. The number of hydrogen-bond acceptors (Lipinski definition) is 3. The summed E-state index contributed by atoms with van der Waals surface area (Å²) < 4.78 is 5.98. The van der Waals surface area contributed by atoms with Crippen molar-refractivity contribution in [2.45, 2.75) is 77.7 Å². The molecule has 0 saturated carbocycles. The number of ether oxygens (including phenoxy) is 1. The van der Waals surface area contributed by atoms with Gasteiger partial charge in [0.05, 0.1) is 7.11 Å². The van der Waals surface area contributed by atoms with Gasteiger partial charge < -0.3 is 9.64 Å². The van der Waals surface area contributed by atoms with E-state index in [2.05, 4.69) is 58.9 Å². The molecule has 148 valence electrons. The first-order valence-electron chi connectivity index (χ1n) is 10.1. The molecule has 1 aromatic carbocycles. The van der Waals surface area contributed by atoms with Crippen LogP contribution in [0.4, 0.5) is 0 Å². The molecule has 1 aromatic rings. The van der Waals surface area contributed by atoms with E-state index in [1.807, 2.05) is 13.8 Å². The Morgan fingerprint density at radius 3 is 2.15 bits per heavy atom. The molecule has 1 aliphatic heterocycles. The van der Waals surface area contributed by atoms with Crippen molar-refractivity contribution in [3.8, 4) is 0 Å². The van der Waals surface area contributed by atoms with E-state index in [9.17, 15) is 4.79 Å². The Morgan fingerprint density at radius 1 is 1.15 bits per heavy atom. The zero-order valence-electron chi connectivity index (χ0n) is 17.2. The zero-order valence-corrected chi connectivity index (χ0v) is 18.8. The first-order chi connectivity index (χ1) is 12.5. The summed E-state index contributed by atoms with van der Waals surface area (Å²) in [6.45, 7) is 10.8. The number of carbonyl (C=O) groups excluding carboxylic acids is 1. The average Bonchev–Trinajstić information content (AvgIpc) is 2.70. The fraction of sp³-hybridized carbons (Fsp3) is 0.682. The van der Waals surface area contributed by atoms with Gasteiger partial charge in [-0.05, 0) is 68.3 Å². The predicted octanol–water partition coefficient (Wildman–Crippen LogP) is 5.95. The second-order valence-corrected chi connectivity index (χ2v) is 7.79. The minimum Gasteiger partial charge on any atom is -0.469 e. The van der Waals surface area contributed by atoms with Gasteiger partial charge in [0.2, 0.25) is 0 Å². The summed E-state index contributed by atoms with van der Waals surface area (Å²) in [7, 11) is 1.48. The Bertz CT molecular complexity index is 517. The van der Waals surface area contributed by atoms with Gasteiger partial charge in [0.25, 0.3) is 0 Å². The molecule has 1 saturated heterocycles. The third-order valence-corrected chi connectivity index (χ3v) is 6.23. The number of benzene rings is 1. The third-order valence-electron chi connectivity index (χ3n) is 5.71. The van der Waals surface area contributed by atoms with Crippen molar-refractivity contribution >= 4 is 21.9 Å². The number of halogens is 1. The Hall–Kier alpha value is -0.870. The van der Waals surface area contributed by atoms with E-state index >= 15 is 0 Å². The molecule has 0 radical (unpaired) electrons. The Morgan fingerprint density at radius 2 is 1.69 bits per heavy atom. The largest absolute Gasteiger partial charge is 0.469 e. The average molecular weight is 426 g/mol. The molecule has 0 unspecified atom stereocenters. The van der Waals surface area contributed by atoms with Crippen LogP contribution in [0.5, 0.6) is 0 Å². The summed E-state index contributed by atoms with van der Waals surface area (Å²) in [5, 5.41) is 0. The number of likely N-dealkylation sites (tertiary alicyclic amines) is 1. The molecule has 2 rings (SSSR count). The minimum absolute atomic E-state index is 0.0947. The van der Waals surface area contributed by atoms with Gasteiger partial charge in [-0.2, -0.15) is 0 Å². The maximum atomic E-state index is 11.7. The fourth-order valence-electron chi connectivity index (χ4n) is 4.05. The van der Waals surface area contributed by atoms with Crippen LogP contribution < -0.4 is 0 Å². The normalized spacial score (nSPS) is 16.7. The van der Waals surface area contributed by atoms with E-state index in [4.69, 9.17) is 4.74 Å². The monoisotopic (exact) mass is 425 g/mol. The van der Waals surface area contributed by atoms with Gasteiger partial charge in [-0.3, -0.25) is 4.79 Å². The van der Waals surface area contributed by atoms with Gasteiger partial charge in [-0.15, -0.1) is 0 Å². The maximum Gasteiger partial charge on any atom is 0.305 e. The van der Waals surface area contributed by atoms with Crippen LogP contribution in [-0.2, 0) is 14.9 Å². The summed E-state index contributed by atoms with van der Waals surface area (Å²) >= 11 is 3.53. The molecule has 1 heterocycles. The van der Waals surface area contributed by atoms with E-state index in [0.29, 0.717) is 12.5 Å². The fourth-order valence-corrected chi connectivity index (χ4v) is 4.32. The van der Waals surface area contributed by atoms with Crippen molar-refractivity contribution in [2.75, 3.05) is 20.2 Å². The summed E-state index contributed by atoms with van der Waals surface area (Å²) in [6.07, 6.45) is 6.02. The molecule has 0 bridgehead atoms. The van der Waals surface area contributed by atoms with Crippen molar-refractivity contribution in [1.82, 2.24) is 4.90 Å². The standard InChI is InChI=1S/C20H30BrNO2.C2H6/c1-4-18(5-2)22-14-12-20(13-15-22,11-10-19(23)24-3)16-6-8-17(21)9-7-16;1-2/h6-9,18H,4-5,10-15H2,1-3H3;1-2H3. The quantitative estimate of drug-likeness (QED) is 0.505. The second-order valence-electron chi connectivity index (χ2n) is 6.87. The Kier molecular flexibility index (Phi) is 10.5. The van der Waals surface area contributed by atoms with Gasteiger partial charge in [0.1, 0.15) is 0 Å². The summed E-state index contributed by atoms with van der Waals surface area (Å²) in [5.41, 5.74) is 1.45. The Balaban J connectivity index is 0.00000163. The number of hydrogen-bond donors (Lipinski definition) is 0. The zero-order chi connectivity index (χ0) is 19.6. The van der Waals surface area contributed by atoms with Crippen LogP contribution in [0.1, 0.15) is 71.8 Å². The summed E-state index contributed by atoms with van der Waals surface area (Å²) in [4.78, 5) is 14.3. The van der Waals surface area contributed by atoms with E-state index in [0.717, 1.165) is 36.8 Å². The number of methoxy groups -OCH3 is 1. The van der Waals surface area contributed by atoms with Crippen LogP contribution >= 0.6 is 15.9 Å². The summed E-state index contributed by atoms with van der Waals surface area (Å²) in [6, 6.07) is 9.35. The maximum absolute atomic E-state index is 11.7. The molecule has 0 spiro atoms. The molecule has 0 N–H and O–H groups in total. The molecule has 4 heteroatoms. The van der Waals surface area contributed by atoms with Crippen LogP contribution in [0.15, 0.2) is 28.7 Å².